The third-order valence-corrected chi connectivity index (χ3v) is 8.24. The van der Waals surface area contributed by atoms with Crippen molar-refractivity contribution in [1.29, 1.82) is 0 Å². The topological polar surface area (TPSA) is 106 Å². The van der Waals surface area contributed by atoms with E-state index in [1.54, 1.807) is 18.6 Å². The molecule has 1 saturated heterocycles. The van der Waals surface area contributed by atoms with Gasteiger partial charge in [0.25, 0.3) is 5.95 Å². The Labute approximate surface area is 221 Å². The maximum absolute atomic E-state index is 12.1. The number of halogens is 1. The number of piperazine rings is 1. The standard InChI is InChI=1S/C26H33ClN8O2/c1-16-3-5-18(6-4-16)15-34-23-21(7-8-30-22(23)19-11-20(27)14-29-13-19)35(24-31-25(36)37-32-24)26(34)33-10-9-28-12-17(33)2/h7-8,11,13-14,16-18,26,28H,3-6,9-10,12,15H2,1-2H3,(H,31,32,36)/t16?,17-,18?,26?/m1/s1. The van der Waals surface area contributed by atoms with Crippen LogP contribution in [0.15, 0.2) is 40.0 Å². The molecule has 5 heterocycles. The highest BCUT2D eigenvalue weighted by Gasteiger charge is 2.46. The van der Waals surface area contributed by atoms with E-state index in [-0.39, 0.29) is 12.3 Å². The molecule has 1 saturated carbocycles. The highest BCUT2D eigenvalue weighted by Crippen LogP contribution is 2.49. The normalized spacial score (nSPS) is 26.5. The minimum absolute atomic E-state index is 0.192. The second-order valence-electron chi connectivity index (χ2n) is 10.6. The average Bonchev–Trinajstić information content (AvgIpc) is 3.46. The first-order valence-corrected chi connectivity index (χ1v) is 13.6. The number of fused-ring (bicyclic) bond motifs is 1. The van der Waals surface area contributed by atoms with Gasteiger partial charge in [-0.15, -0.1) is 0 Å². The third kappa shape index (κ3) is 4.62. The molecule has 2 fully saturated rings. The molecule has 2 aliphatic heterocycles. The van der Waals surface area contributed by atoms with E-state index >= 15 is 0 Å². The summed E-state index contributed by atoms with van der Waals surface area (Å²) in [5.74, 6) is 1.16. The second kappa shape index (κ2) is 10.1. The molecule has 37 heavy (non-hydrogen) atoms. The molecule has 0 spiro atoms. The lowest BCUT2D eigenvalue weighted by atomic mass is 9.82. The molecule has 2 atom stereocenters. The molecule has 0 bridgehead atoms. The van der Waals surface area contributed by atoms with Crippen LogP contribution in [0.4, 0.5) is 17.3 Å². The molecular weight excluding hydrogens is 492 g/mol. The Morgan fingerprint density at radius 2 is 2.03 bits per heavy atom. The van der Waals surface area contributed by atoms with Gasteiger partial charge in [0, 0.05) is 56.4 Å². The second-order valence-corrected chi connectivity index (χ2v) is 11.1. The lowest BCUT2D eigenvalue weighted by molar-refractivity contribution is 0.115. The van der Waals surface area contributed by atoms with E-state index in [4.69, 9.17) is 21.1 Å². The van der Waals surface area contributed by atoms with Gasteiger partial charge in [-0.2, -0.15) is 0 Å². The highest BCUT2D eigenvalue weighted by molar-refractivity contribution is 6.30. The number of rotatable bonds is 5. The van der Waals surface area contributed by atoms with Crippen LogP contribution in [0.3, 0.4) is 0 Å². The van der Waals surface area contributed by atoms with E-state index in [1.807, 2.05) is 12.1 Å². The van der Waals surface area contributed by atoms with Gasteiger partial charge in [0.05, 0.1) is 22.1 Å². The zero-order valence-electron chi connectivity index (χ0n) is 21.2. The summed E-state index contributed by atoms with van der Waals surface area (Å²) in [6, 6.07) is 4.17. The summed E-state index contributed by atoms with van der Waals surface area (Å²) in [5, 5.41) is 8.20. The Bertz CT molecular complexity index is 1300. The maximum Gasteiger partial charge on any atom is 0.440 e. The Kier molecular flexibility index (Phi) is 6.64. The van der Waals surface area contributed by atoms with Crippen LogP contribution >= 0.6 is 11.6 Å². The van der Waals surface area contributed by atoms with Crippen LogP contribution in [0.2, 0.25) is 5.02 Å². The molecule has 6 rings (SSSR count). The summed E-state index contributed by atoms with van der Waals surface area (Å²) in [6.45, 7) is 8.10. The monoisotopic (exact) mass is 524 g/mol. The first kappa shape index (κ1) is 24.4. The van der Waals surface area contributed by atoms with Crippen LogP contribution in [0, 0.1) is 11.8 Å². The van der Waals surface area contributed by atoms with E-state index < -0.39 is 5.76 Å². The lowest BCUT2D eigenvalue weighted by Crippen LogP contribution is -2.63. The molecule has 1 aliphatic carbocycles. The van der Waals surface area contributed by atoms with Crippen molar-refractivity contribution in [2.75, 3.05) is 36.0 Å². The van der Waals surface area contributed by atoms with Crippen LogP contribution in [0.1, 0.15) is 39.5 Å². The van der Waals surface area contributed by atoms with Gasteiger partial charge in [-0.25, -0.2) is 4.79 Å². The largest absolute Gasteiger partial charge is 0.440 e. The SMILES string of the molecule is CC1CCC(CN2c3c(ccnc3-c3cncc(Cl)c3)N(c3noc(=O)[nH]3)C2N2CCNC[C@H]2C)CC1. The van der Waals surface area contributed by atoms with Gasteiger partial charge < -0.3 is 10.2 Å². The molecule has 0 amide bonds. The number of aromatic nitrogens is 4. The van der Waals surface area contributed by atoms with Gasteiger partial charge in [0.2, 0.25) is 0 Å². The number of anilines is 3. The molecule has 1 unspecified atom stereocenters. The molecule has 0 radical (unpaired) electrons. The Hall–Kier alpha value is -2.95. The van der Waals surface area contributed by atoms with Crippen molar-refractivity contribution in [3.8, 4) is 11.3 Å². The number of pyridine rings is 2. The maximum atomic E-state index is 12.1. The summed E-state index contributed by atoms with van der Waals surface area (Å²) in [5.41, 5.74) is 3.60. The predicted octanol–water partition coefficient (Wildman–Crippen LogP) is 3.84. The predicted molar refractivity (Wildman–Crippen MR) is 143 cm³/mol. The molecule has 10 nitrogen and oxygen atoms in total. The lowest BCUT2D eigenvalue weighted by Gasteiger charge is -2.46. The van der Waals surface area contributed by atoms with Crippen molar-refractivity contribution < 1.29 is 4.52 Å². The van der Waals surface area contributed by atoms with E-state index in [9.17, 15) is 4.79 Å². The van der Waals surface area contributed by atoms with Crippen molar-refractivity contribution >= 4 is 28.9 Å². The van der Waals surface area contributed by atoms with Gasteiger partial charge in [-0.1, -0.05) is 31.4 Å². The molecule has 11 heteroatoms. The number of nitrogens with zero attached hydrogens (tertiary/aromatic N) is 6. The van der Waals surface area contributed by atoms with Gasteiger partial charge in [0.15, 0.2) is 6.29 Å². The van der Waals surface area contributed by atoms with Crippen LogP contribution < -0.4 is 20.9 Å². The van der Waals surface area contributed by atoms with E-state index in [0.29, 0.717) is 16.9 Å². The summed E-state index contributed by atoms with van der Waals surface area (Å²) in [7, 11) is 0. The zero-order valence-corrected chi connectivity index (χ0v) is 22.0. The molecule has 0 aromatic carbocycles. The summed E-state index contributed by atoms with van der Waals surface area (Å²) in [6.07, 6.45) is 9.94. The Morgan fingerprint density at radius 1 is 1.19 bits per heavy atom. The zero-order chi connectivity index (χ0) is 25.5. The first-order chi connectivity index (χ1) is 18.0. The number of aromatic amines is 1. The van der Waals surface area contributed by atoms with Crippen LogP contribution in [0.25, 0.3) is 11.3 Å². The smallest absolute Gasteiger partial charge is 0.335 e. The molecule has 2 N–H and O–H groups in total. The summed E-state index contributed by atoms with van der Waals surface area (Å²) in [4.78, 5) is 31.1. The summed E-state index contributed by atoms with van der Waals surface area (Å²) >= 11 is 6.36. The molecule has 3 aromatic heterocycles. The fourth-order valence-corrected chi connectivity index (χ4v) is 6.28. The van der Waals surface area contributed by atoms with Crippen molar-refractivity contribution in [1.82, 2.24) is 30.3 Å². The van der Waals surface area contributed by atoms with Crippen LogP contribution in [0.5, 0.6) is 0 Å². The van der Waals surface area contributed by atoms with Gasteiger partial charge >= 0.3 is 5.76 Å². The van der Waals surface area contributed by atoms with Gasteiger partial charge in [-0.05, 0) is 48.9 Å². The Balaban J connectivity index is 1.52. The quantitative estimate of drug-likeness (QED) is 0.515. The number of hydrogen-bond donors (Lipinski definition) is 2. The summed E-state index contributed by atoms with van der Waals surface area (Å²) < 4.78 is 4.99. The Morgan fingerprint density at radius 3 is 2.76 bits per heavy atom. The van der Waals surface area contributed by atoms with Crippen molar-refractivity contribution in [2.45, 2.75) is 51.9 Å². The van der Waals surface area contributed by atoms with Crippen LogP contribution in [-0.2, 0) is 0 Å². The third-order valence-electron chi connectivity index (χ3n) is 8.03. The van der Waals surface area contributed by atoms with Crippen LogP contribution in [-0.4, -0.2) is 63.5 Å². The molecular formula is C26H33ClN8O2. The first-order valence-electron chi connectivity index (χ1n) is 13.2. The van der Waals surface area contributed by atoms with Crippen molar-refractivity contribution in [3.05, 3.63) is 46.3 Å². The molecule has 196 valence electrons. The fraction of sp³-hybridized carbons (Fsp3) is 0.538. The average molecular weight is 525 g/mol. The number of H-pyrrole nitrogens is 1. The highest BCUT2D eigenvalue weighted by atomic mass is 35.5. The van der Waals surface area contributed by atoms with E-state index in [1.165, 1.54) is 25.7 Å². The fourth-order valence-electron chi connectivity index (χ4n) is 6.11. The van der Waals surface area contributed by atoms with E-state index in [0.717, 1.165) is 54.7 Å². The number of hydrogen-bond acceptors (Lipinski definition) is 9. The number of nitrogens with one attached hydrogen (secondary N) is 2. The van der Waals surface area contributed by atoms with Crippen molar-refractivity contribution in [3.63, 3.8) is 0 Å². The molecule has 3 aliphatic rings. The minimum Gasteiger partial charge on any atom is -0.335 e. The minimum atomic E-state index is -0.573. The van der Waals surface area contributed by atoms with Gasteiger partial charge in [-0.3, -0.25) is 29.3 Å². The van der Waals surface area contributed by atoms with E-state index in [2.05, 4.69) is 49.0 Å². The molecule has 3 aromatic rings. The van der Waals surface area contributed by atoms with Crippen molar-refractivity contribution in [2.24, 2.45) is 11.8 Å². The van der Waals surface area contributed by atoms with Gasteiger partial charge in [0.1, 0.15) is 0 Å².